The molecule has 7 heteroatoms. The van der Waals surface area contributed by atoms with E-state index < -0.39 is 0 Å². The maximum Gasteiger partial charge on any atom is 4.00 e. The molecule has 0 fully saturated rings. The van der Waals surface area contributed by atoms with E-state index in [-0.39, 0.29) is 112 Å². The van der Waals surface area contributed by atoms with Crippen LogP contribution in [0.5, 0.6) is 0 Å². The SMILES string of the molecule is [Ba+2].[O-2].[O-2].[O-2].[O-2].[Ti+4].[Zn+2]. The van der Waals surface area contributed by atoms with Gasteiger partial charge in [0.15, 0.2) is 0 Å². The first-order valence-electron chi connectivity index (χ1n) is 0. The summed E-state index contributed by atoms with van der Waals surface area (Å²) in [6, 6.07) is 0. The monoisotopic (exact) mass is 314 g/mol. The predicted molar refractivity (Wildman–Crippen MR) is 8.50 cm³/mol. The summed E-state index contributed by atoms with van der Waals surface area (Å²) in [5.74, 6) is 0. The summed E-state index contributed by atoms with van der Waals surface area (Å²) in [6.07, 6.45) is 0. The molecule has 0 rings (SSSR count). The summed E-state index contributed by atoms with van der Waals surface area (Å²) < 4.78 is 0. The van der Waals surface area contributed by atoms with Gasteiger partial charge in [-0.05, 0) is 0 Å². The minimum absolute atomic E-state index is 0. The van der Waals surface area contributed by atoms with Gasteiger partial charge >= 0.3 is 90.1 Å². The molecule has 32 valence electrons. The molecule has 0 aromatic rings. The molecule has 0 spiro atoms. The van der Waals surface area contributed by atoms with Crippen LogP contribution in [0.15, 0.2) is 0 Å². The van der Waals surface area contributed by atoms with E-state index in [1.807, 2.05) is 0 Å². The van der Waals surface area contributed by atoms with Gasteiger partial charge < -0.3 is 21.9 Å². The van der Waals surface area contributed by atoms with Gasteiger partial charge in [0.1, 0.15) is 0 Å². The van der Waals surface area contributed by atoms with Crippen LogP contribution in [0.1, 0.15) is 0 Å². The molecule has 0 atom stereocenters. The van der Waals surface area contributed by atoms with Crippen LogP contribution in [0.3, 0.4) is 0 Å². The van der Waals surface area contributed by atoms with Gasteiger partial charge in [-0.15, -0.1) is 0 Å². The summed E-state index contributed by atoms with van der Waals surface area (Å²) in [6.45, 7) is 0. The third-order valence-corrected chi connectivity index (χ3v) is 0. The molecular weight excluding hydrogens is 315 g/mol. The Labute approximate surface area is 110 Å². The zero-order chi connectivity index (χ0) is 0. The molecule has 0 unspecified atom stereocenters. The summed E-state index contributed by atoms with van der Waals surface area (Å²) >= 11 is 0. The van der Waals surface area contributed by atoms with Gasteiger partial charge in [-0.2, -0.15) is 0 Å². The largest absolute Gasteiger partial charge is 4.00 e. The summed E-state index contributed by atoms with van der Waals surface area (Å²) in [5.41, 5.74) is 0. The topological polar surface area (TPSA) is 114 Å². The molecule has 0 aliphatic carbocycles. The Balaban J connectivity index is 0. The Morgan fingerprint density at radius 1 is 0.571 bits per heavy atom. The Bertz CT molecular complexity index is 11.7. The maximum absolute atomic E-state index is 0. The van der Waals surface area contributed by atoms with Crippen LogP contribution in [-0.2, 0) is 63.1 Å². The molecule has 0 radical (unpaired) electrons. The van der Waals surface area contributed by atoms with Crippen LogP contribution in [0.25, 0.3) is 0 Å². The first kappa shape index (κ1) is 98.7. The van der Waals surface area contributed by atoms with E-state index in [1.165, 1.54) is 0 Å². The van der Waals surface area contributed by atoms with Gasteiger partial charge in [0.05, 0.1) is 0 Å². The molecule has 0 saturated carbocycles. The van der Waals surface area contributed by atoms with Crippen molar-refractivity contribution in [1.29, 1.82) is 0 Å². The van der Waals surface area contributed by atoms with Crippen LogP contribution < -0.4 is 0 Å². The summed E-state index contributed by atoms with van der Waals surface area (Å²) in [4.78, 5) is 0. The third kappa shape index (κ3) is 52.7. The number of hydrogen-bond donors (Lipinski definition) is 0. The van der Waals surface area contributed by atoms with E-state index in [9.17, 15) is 0 Å². The third-order valence-electron chi connectivity index (χ3n) is 0. The zero-order valence-corrected chi connectivity index (χ0v) is 12.5. The standard InChI is InChI=1S/Ba.4O.Ti.Zn/q+2;4*-2;+4;+2. The molecule has 0 N–H and O–H groups in total. The molecule has 0 amide bonds. The van der Waals surface area contributed by atoms with Crippen molar-refractivity contribution in [1.82, 2.24) is 0 Å². The minimum atomic E-state index is 0. The maximum atomic E-state index is 0. The van der Waals surface area contributed by atoms with Crippen molar-refractivity contribution < 1.29 is 63.1 Å². The Morgan fingerprint density at radius 2 is 0.571 bits per heavy atom. The van der Waals surface area contributed by atoms with E-state index in [1.54, 1.807) is 0 Å². The molecule has 7 heavy (non-hydrogen) atoms. The van der Waals surface area contributed by atoms with Crippen molar-refractivity contribution in [2.24, 2.45) is 0 Å². The molecule has 0 heterocycles. The second-order valence-corrected chi connectivity index (χ2v) is 0. The van der Waals surface area contributed by atoms with Gasteiger partial charge in [0, 0.05) is 0 Å². The van der Waals surface area contributed by atoms with Crippen molar-refractivity contribution in [3.8, 4) is 0 Å². The summed E-state index contributed by atoms with van der Waals surface area (Å²) in [7, 11) is 0. The fourth-order valence-corrected chi connectivity index (χ4v) is 0. The van der Waals surface area contributed by atoms with E-state index in [4.69, 9.17) is 0 Å². The number of rotatable bonds is 0. The fraction of sp³-hybridized carbons (Fsp3) is 0. The van der Waals surface area contributed by atoms with Crippen molar-refractivity contribution in [2.75, 3.05) is 0 Å². The average molecular weight is 315 g/mol. The van der Waals surface area contributed by atoms with Crippen LogP contribution in [-0.4, -0.2) is 48.9 Å². The molecule has 0 aliphatic heterocycles. The smallest absolute Gasteiger partial charge is 2.00 e. The molecule has 4 nitrogen and oxygen atoms in total. The van der Waals surface area contributed by atoms with E-state index in [0.717, 1.165) is 0 Å². The molecule has 0 aromatic heterocycles. The normalized spacial score (nSPS) is 0. The average Bonchev–Trinajstić information content (AvgIpc) is 0. The fourth-order valence-electron chi connectivity index (χ4n) is 0. The van der Waals surface area contributed by atoms with Crippen molar-refractivity contribution in [3.63, 3.8) is 0 Å². The molecule has 0 saturated heterocycles. The molecule has 0 aromatic carbocycles. The molecular formula is BaO4TiZn. The van der Waals surface area contributed by atoms with Crippen LogP contribution in [0.2, 0.25) is 0 Å². The van der Waals surface area contributed by atoms with Gasteiger partial charge in [-0.25, -0.2) is 0 Å². The van der Waals surface area contributed by atoms with Crippen molar-refractivity contribution in [2.45, 2.75) is 0 Å². The first-order valence-corrected chi connectivity index (χ1v) is 0. The Hall–Kier alpha value is 2.75. The van der Waals surface area contributed by atoms with Gasteiger partial charge in [0.25, 0.3) is 0 Å². The molecule has 0 bridgehead atoms. The summed E-state index contributed by atoms with van der Waals surface area (Å²) in [5, 5.41) is 0. The quantitative estimate of drug-likeness (QED) is 0.518. The Morgan fingerprint density at radius 3 is 0.571 bits per heavy atom. The minimum Gasteiger partial charge on any atom is -2.00 e. The van der Waals surface area contributed by atoms with E-state index in [2.05, 4.69) is 0 Å². The van der Waals surface area contributed by atoms with Gasteiger partial charge in [-0.1, -0.05) is 0 Å². The zero-order valence-electron chi connectivity index (χ0n) is 3.55. The van der Waals surface area contributed by atoms with Crippen LogP contribution in [0.4, 0.5) is 0 Å². The first-order chi connectivity index (χ1) is 0. The van der Waals surface area contributed by atoms with E-state index >= 15 is 0 Å². The second kappa shape index (κ2) is 69.5. The predicted octanol–water partition coefficient (Wildman–Crippen LogP) is -0.861. The van der Waals surface area contributed by atoms with Crippen LogP contribution in [0, 0.1) is 0 Å². The van der Waals surface area contributed by atoms with Gasteiger partial charge in [-0.3, -0.25) is 0 Å². The Kier molecular flexibility index (Phi) is 981. The van der Waals surface area contributed by atoms with E-state index in [0.29, 0.717) is 0 Å². The number of hydrogen-bond acceptors (Lipinski definition) is 0. The van der Waals surface area contributed by atoms with Crippen molar-refractivity contribution in [3.05, 3.63) is 0 Å². The van der Waals surface area contributed by atoms with Gasteiger partial charge in [0.2, 0.25) is 0 Å². The van der Waals surface area contributed by atoms with Crippen LogP contribution >= 0.6 is 0 Å². The van der Waals surface area contributed by atoms with Crippen molar-refractivity contribution >= 4 is 48.9 Å². The molecule has 0 aliphatic rings. The second-order valence-electron chi connectivity index (χ2n) is 0.